The van der Waals surface area contributed by atoms with Crippen molar-refractivity contribution in [1.29, 1.82) is 0 Å². The molecule has 1 fully saturated rings. The lowest BCUT2D eigenvalue weighted by molar-refractivity contribution is -0.131. The van der Waals surface area contributed by atoms with E-state index in [1.54, 1.807) is 17.0 Å². The van der Waals surface area contributed by atoms with E-state index in [0.29, 0.717) is 18.9 Å². The normalized spacial score (nSPS) is 19.1. The van der Waals surface area contributed by atoms with Crippen molar-refractivity contribution in [3.05, 3.63) is 29.8 Å². The minimum atomic E-state index is 0.196. The van der Waals surface area contributed by atoms with Crippen molar-refractivity contribution in [2.45, 2.75) is 25.8 Å². The van der Waals surface area contributed by atoms with Crippen LogP contribution < -0.4 is 5.32 Å². The van der Waals surface area contributed by atoms with Crippen LogP contribution in [0.5, 0.6) is 5.75 Å². The van der Waals surface area contributed by atoms with E-state index in [9.17, 15) is 9.90 Å². The summed E-state index contributed by atoms with van der Waals surface area (Å²) >= 11 is 0. The van der Waals surface area contributed by atoms with Crippen LogP contribution in [0.15, 0.2) is 24.3 Å². The Balaban J connectivity index is 1.83. The van der Waals surface area contributed by atoms with Crippen molar-refractivity contribution >= 4 is 5.91 Å². The molecule has 0 aromatic heterocycles. The van der Waals surface area contributed by atoms with Gasteiger partial charge >= 0.3 is 0 Å². The number of nitrogens with one attached hydrogen (secondary N) is 1. The molecule has 2 N–H and O–H groups in total. The van der Waals surface area contributed by atoms with Gasteiger partial charge in [-0.2, -0.15) is 0 Å². The van der Waals surface area contributed by atoms with E-state index in [1.807, 2.05) is 19.2 Å². The van der Waals surface area contributed by atoms with Gasteiger partial charge in [-0.3, -0.25) is 4.79 Å². The number of benzene rings is 1. The summed E-state index contributed by atoms with van der Waals surface area (Å²) in [4.78, 5) is 13.9. The van der Waals surface area contributed by atoms with Gasteiger partial charge < -0.3 is 15.3 Å². The number of rotatable bonds is 4. The van der Waals surface area contributed by atoms with Gasteiger partial charge in [-0.15, -0.1) is 0 Å². The predicted octanol–water partition coefficient (Wildman–Crippen LogP) is 1.74. The number of hydrogen-bond donors (Lipinski definition) is 2. The molecule has 1 heterocycles. The third kappa shape index (κ3) is 4.24. The van der Waals surface area contributed by atoms with Crippen LogP contribution in [0.3, 0.4) is 0 Å². The maximum atomic E-state index is 12.1. The van der Waals surface area contributed by atoms with Crippen LogP contribution in [-0.2, 0) is 11.3 Å². The average Bonchev–Trinajstić information content (AvgIpc) is 2.42. The molecule has 1 aromatic rings. The molecule has 2 rings (SSSR count). The van der Waals surface area contributed by atoms with Crippen LogP contribution >= 0.6 is 0 Å². The second kappa shape index (κ2) is 6.57. The smallest absolute Gasteiger partial charge is 0.222 e. The summed E-state index contributed by atoms with van der Waals surface area (Å²) in [5.74, 6) is 0.927. The third-order valence-corrected chi connectivity index (χ3v) is 3.64. The summed E-state index contributed by atoms with van der Waals surface area (Å²) in [6.45, 7) is 2.63. The third-order valence-electron chi connectivity index (χ3n) is 3.64. The molecule has 1 atom stereocenters. The van der Waals surface area contributed by atoms with Crippen molar-refractivity contribution in [3.8, 4) is 5.75 Å². The lowest BCUT2D eigenvalue weighted by Gasteiger charge is -2.25. The van der Waals surface area contributed by atoms with Crippen LogP contribution in [0.1, 0.15) is 24.8 Å². The van der Waals surface area contributed by atoms with Crippen LogP contribution in [0.25, 0.3) is 0 Å². The van der Waals surface area contributed by atoms with Crippen molar-refractivity contribution in [2.24, 2.45) is 5.92 Å². The standard InChI is InChI=1S/C15H22N2O2/c1-17(11-12-4-6-14(18)7-5-12)15(19)9-13-3-2-8-16-10-13/h4-7,13,16,18H,2-3,8-11H2,1H3. The average molecular weight is 262 g/mol. The van der Waals surface area contributed by atoms with E-state index in [2.05, 4.69) is 5.32 Å². The Labute approximate surface area is 114 Å². The summed E-state index contributed by atoms with van der Waals surface area (Å²) in [7, 11) is 1.84. The SMILES string of the molecule is CN(Cc1ccc(O)cc1)C(=O)CC1CCCNC1. The number of piperidine rings is 1. The van der Waals surface area contributed by atoms with Crippen molar-refractivity contribution < 1.29 is 9.90 Å². The molecule has 1 unspecified atom stereocenters. The number of carbonyl (C=O) groups excluding carboxylic acids is 1. The van der Waals surface area contributed by atoms with Gasteiger partial charge in [0.1, 0.15) is 5.75 Å². The topological polar surface area (TPSA) is 52.6 Å². The molecule has 0 radical (unpaired) electrons. The van der Waals surface area contributed by atoms with Gasteiger partial charge in [0.15, 0.2) is 0 Å². The molecule has 0 saturated carbocycles. The van der Waals surface area contributed by atoms with Crippen LogP contribution in [0.2, 0.25) is 0 Å². The van der Waals surface area contributed by atoms with Crippen LogP contribution in [0, 0.1) is 5.92 Å². The molecule has 4 nitrogen and oxygen atoms in total. The van der Waals surface area contributed by atoms with E-state index in [1.165, 1.54) is 6.42 Å². The largest absolute Gasteiger partial charge is 0.508 e. The Morgan fingerprint density at radius 1 is 1.42 bits per heavy atom. The highest BCUT2D eigenvalue weighted by Gasteiger charge is 2.19. The van der Waals surface area contributed by atoms with Gasteiger partial charge in [-0.1, -0.05) is 12.1 Å². The number of phenolic OH excluding ortho intramolecular Hbond substituents is 1. The van der Waals surface area contributed by atoms with Gasteiger partial charge in [-0.05, 0) is 49.5 Å². The highest BCUT2D eigenvalue weighted by molar-refractivity contribution is 5.76. The minimum absolute atomic E-state index is 0.196. The van der Waals surface area contributed by atoms with Crippen LogP contribution in [-0.4, -0.2) is 36.1 Å². The highest BCUT2D eigenvalue weighted by Crippen LogP contribution is 2.16. The van der Waals surface area contributed by atoms with Crippen LogP contribution in [0.4, 0.5) is 0 Å². The number of hydrogen-bond acceptors (Lipinski definition) is 3. The first-order chi connectivity index (χ1) is 9.15. The van der Waals surface area contributed by atoms with E-state index < -0.39 is 0 Å². The summed E-state index contributed by atoms with van der Waals surface area (Å²) < 4.78 is 0. The monoisotopic (exact) mass is 262 g/mol. The maximum absolute atomic E-state index is 12.1. The highest BCUT2D eigenvalue weighted by atomic mass is 16.3. The first-order valence-electron chi connectivity index (χ1n) is 6.88. The Morgan fingerprint density at radius 3 is 2.79 bits per heavy atom. The molecule has 1 amide bonds. The first kappa shape index (κ1) is 13.9. The molecule has 19 heavy (non-hydrogen) atoms. The Bertz CT molecular complexity index is 411. The molecule has 0 bridgehead atoms. The zero-order valence-electron chi connectivity index (χ0n) is 11.4. The Hall–Kier alpha value is -1.55. The minimum Gasteiger partial charge on any atom is -0.508 e. The second-order valence-electron chi connectivity index (χ2n) is 5.33. The zero-order chi connectivity index (χ0) is 13.7. The van der Waals surface area contributed by atoms with Gasteiger partial charge in [0, 0.05) is 20.0 Å². The van der Waals surface area contributed by atoms with Crippen molar-refractivity contribution in [2.75, 3.05) is 20.1 Å². The Kier molecular flexibility index (Phi) is 4.80. The molecule has 1 aliphatic rings. The quantitative estimate of drug-likeness (QED) is 0.869. The van der Waals surface area contributed by atoms with Gasteiger partial charge in [0.25, 0.3) is 0 Å². The summed E-state index contributed by atoms with van der Waals surface area (Å²) in [5.41, 5.74) is 1.04. The van der Waals surface area contributed by atoms with Crippen molar-refractivity contribution in [1.82, 2.24) is 10.2 Å². The number of aromatic hydroxyl groups is 1. The molecular weight excluding hydrogens is 240 g/mol. The van der Waals surface area contributed by atoms with E-state index in [4.69, 9.17) is 0 Å². The lowest BCUT2D eigenvalue weighted by Crippen LogP contribution is -2.34. The summed E-state index contributed by atoms with van der Waals surface area (Å²) in [5, 5.41) is 12.6. The van der Waals surface area contributed by atoms with E-state index in [-0.39, 0.29) is 11.7 Å². The van der Waals surface area contributed by atoms with Crippen molar-refractivity contribution in [3.63, 3.8) is 0 Å². The van der Waals surface area contributed by atoms with Gasteiger partial charge in [0.05, 0.1) is 0 Å². The molecule has 1 aliphatic heterocycles. The molecular formula is C15H22N2O2. The fraction of sp³-hybridized carbons (Fsp3) is 0.533. The molecule has 4 heteroatoms. The zero-order valence-corrected chi connectivity index (χ0v) is 11.4. The molecule has 0 aliphatic carbocycles. The summed E-state index contributed by atoms with van der Waals surface area (Å²) in [6, 6.07) is 7.00. The first-order valence-corrected chi connectivity index (χ1v) is 6.88. The fourth-order valence-corrected chi connectivity index (χ4v) is 2.46. The molecule has 104 valence electrons. The summed E-state index contributed by atoms with van der Waals surface area (Å²) in [6.07, 6.45) is 2.94. The second-order valence-corrected chi connectivity index (χ2v) is 5.33. The number of phenols is 1. The maximum Gasteiger partial charge on any atom is 0.222 e. The van der Waals surface area contributed by atoms with E-state index in [0.717, 1.165) is 25.1 Å². The number of amides is 1. The number of carbonyl (C=O) groups is 1. The lowest BCUT2D eigenvalue weighted by atomic mass is 9.95. The Morgan fingerprint density at radius 2 is 2.16 bits per heavy atom. The molecule has 1 saturated heterocycles. The van der Waals surface area contributed by atoms with Gasteiger partial charge in [-0.25, -0.2) is 0 Å². The van der Waals surface area contributed by atoms with Gasteiger partial charge in [0.2, 0.25) is 5.91 Å². The van der Waals surface area contributed by atoms with E-state index >= 15 is 0 Å². The number of nitrogens with zero attached hydrogens (tertiary/aromatic N) is 1. The fourth-order valence-electron chi connectivity index (χ4n) is 2.46. The molecule has 0 spiro atoms. The molecule has 1 aromatic carbocycles. The predicted molar refractivity (Wildman–Crippen MR) is 74.8 cm³/mol.